The highest BCUT2D eigenvalue weighted by atomic mass is 32.1. The van der Waals surface area contributed by atoms with Crippen LogP contribution < -0.4 is 5.32 Å². The zero-order chi connectivity index (χ0) is 17.1. The molecule has 25 heavy (non-hydrogen) atoms. The lowest BCUT2D eigenvalue weighted by Gasteiger charge is -2.38. The molecule has 2 heterocycles. The summed E-state index contributed by atoms with van der Waals surface area (Å²) in [4.78, 5) is 16.8. The number of benzene rings is 1. The van der Waals surface area contributed by atoms with Crippen LogP contribution in [0.15, 0.2) is 42.6 Å². The van der Waals surface area contributed by atoms with Gasteiger partial charge < -0.3 is 5.32 Å². The molecule has 0 bridgehead atoms. The molecule has 1 saturated carbocycles. The lowest BCUT2D eigenvalue weighted by molar-refractivity contribution is 0.0936. The van der Waals surface area contributed by atoms with Gasteiger partial charge in [0, 0.05) is 18.2 Å². The highest BCUT2D eigenvalue weighted by Gasteiger charge is 2.34. The second kappa shape index (κ2) is 6.88. The van der Waals surface area contributed by atoms with Gasteiger partial charge in [0.1, 0.15) is 5.52 Å². The fraction of sp³-hybridized carbons (Fsp3) is 0.368. The van der Waals surface area contributed by atoms with E-state index >= 15 is 0 Å². The average Bonchev–Trinajstić information content (AvgIpc) is 3.15. The predicted octanol–water partition coefficient (Wildman–Crippen LogP) is 3.72. The molecular formula is C19H20N4OS. The average molecular weight is 352 g/mol. The molecule has 1 aliphatic carbocycles. The molecule has 1 N–H and O–H groups in total. The van der Waals surface area contributed by atoms with Crippen molar-refractivity contribution in [2.45, 2.75) is 37.5 Å². The fourth-order valence-corrected chi connectivity index (χ4v) is 4.23. The van der Waals surface area contributed by atoms with Crippen LogP contribution in [0.3, 0.4) is 0 Å². The van der Waals surface area contributed by atoms with Crippen LogP contribution in [0.25, 0.3) is 11.2 Å². The van der Waals surface area contributed by atoms with Gasteiger partial charge in [-0.25, -0.2) is 4.98 Å². The van der Waals surface area contributed by atoms with Crippen molar-refractivity contribution in [2.24, 2.45) is 0 Å². The van der Waals surface area contributed by atoms with Gasteiger partial charge in [0.15, 0.2) is 5.65 Å². The van der Waals surface area contributed by atoms with E-state index in [9.17, 15) is 4.79 Å². The van der Waals surface area contributed by atoms with Crippen molar-refractivity contribution >= 4 is 28.8 Å². The molecule has 1 amide bonds. The van der Waals surface area contributed by atoms with Crippen molar-refractivity contribution in [3.63, 3.8) is 0 Å². The molecule has 0 spiro atoms. The maximum atomic E-state index is 12.6. The van der Waals surface area contributed by atoms with Gasteiger partial charge in [0.25, 0.3) is 5.91 Å². The van der Waals surface area contributed by atoms with E-state index in [1.807, 2.05) is 6.07 Å². The minimum absolute atomic E-state index is 0.0366. The summed E-state index contributed by atoms with van der Waals surface area (Å²) in [6.07, 6.45) is 7.51. The Morgan fingerprint density at radius 1 is 1.12 bits per heavy atom. The van der Waals surface area contributed by atoms with Crippen molar-refractivity contribution in [2.75, 3.05) is 6.54 Å². The van der Waals surface area contributed by atoms with Crippen LogP contribution in [0, 0.1) is 0 Å². The van der Waals surface area contributed by atoms with Crippen LogP contribution in [0.5, 0.6) is 0 Å². The first-order valence-corrected chi connectivity index (χ1v) is 9.42. The Morgan fingerprint density at radius 3 is 2.72 bits per heavy atom. The van der Waals surface area contributed by atoms with E-state index in [1.54, 1.807) is 12.3 Å². The van der Waals surface area contributed by atoms with E-state index in [4.69, 9.17) is 0 Å². The largest absolute Gasteiger partial charge is 0.351 e. The van der Waals surface area contributed by atoms with E-state index in [0.29, 0.717) is 23.3 Å². The van der Waals surface area contributed by atoms with Gasteiger partial charge in [0.2, 0.25) is 0 Å². The summed E-state index contributed by atoms with van der Waals surface area (Å²) in [6.45, 7) is 0.656. The normalized spacial score (nSPS) is 16.6. The van der Waals surface area contributed by atoms with E-state index in [2.05, 4.69) is 43.3 Å². The molecule has 6 heteroatoms. The number of nitrogens with one attached hydrogen (secondary N) is 1. The summed E-state index contributed by atoms with van der Waals surface area (Å²) in [5.41, 5.74) is 3.17. The Balaban J connectivity index is 1.53. The highest BCUT2D eigenvalue weighted by Crippen LogP contribution is 2.38. The monoisotopic (exact) mass is 352 g/mol. The molecule has 3 aromatic rings. The molecule has 0 unspecified atom stereocenters. The van der Waals surface area contributed by atoms with Crippen molar-refractivity contribution in [1.82, 2.24) is 19.0 Å². The topological polar surface area (TPSA) is 67.8 Å². The first-order chi connectivity index (χ1) is 12.3. The number of nitrogens with zero attached hydrogens (tertiary/aromatic N) is 3. The van der Waals surface area contributed by atoms with Crippen molar-refractivity contribution < 1.29 is 4.79 Å². The molecule has 0 radical (unpaired) electrons. The van der Waals surface area contributed by atoms with Gasteiger partial charge in [-0.1, -0.05) is 49.6 Å². The Bertz CT molecular complexity index is 871. The zero-order valence-electron chi connectivity index (χ0n) is 13.9. The van der Waals surface area contributed by atoms with Crippen LogP contribution in [-0.4, -0.2) is 26.2 Å². The zero-order valence-corrected chi connectivity index (χ0v) is 14.8. The number of aromatic nitrogens is 3. The third-order valence-corrected chi connectivity index (χ3v) is 5.69. The van der Waals surface area contributed by atoms with Crippen molar-refractivity contribution in [3.05, 3.63) is 53.7 Å². The van der Waals surface area contributed by atoms with Crippen LogP contribution in [-0.2, 0) is 5.41 Å². The number of hydrogen-bond donors (Lipinski definition) is 1. The molecule has 0 saturated heterocycles. The summed E-state index contributed by atoms with van der Waals surface area (Å²) in [7, 11) is 0. The molecule has 2 aromatic heterocycles. The molecular weight excluding hydrogens is 332 g/mol. The Kier molecular flexibility index (Phi) is 4.44. The van der Waals surface area contributed by atoms with Gasteiger partial charge in [-0.3, -0.25) is 4.79 Å². The van der Waals surface area contributed by atoms with Crippen LogP contribution in [0.2, 0.25) is 0 Å². The number of fused-ring (bicyclic) bond motifs is 1. The molecule has 5 nitrogen and oxygen atoms in total. The fourth-order valence-electron chi connectivity index (χ4n) is 3.75. The van der Waals surface area contributed by atoms with Crippen LogP contribution in [0.4, 0.5) is 0 Å². The summed E-state index contributed by atoms with van der Waals surface area (Å²) in [5, 5.41) is 3.14. The lowest BCUT2D eigenvalue weighted by Crippen LogP contribution is -2.42. The van der Waals surface area contributed by atoms with E-state index in [0.717, 1.165) is 24.6 Å². The number of hydrogen-bond acceptors (Lipinski definition) is 5. The van der Waals surface area contributed by atoms with E-state index < -0.39 is 0 Å². The molecule has 128 valence electrons. The van der Waals surface area contributed by atoms with Gasteiger partial charge >= 0.3 is 0 Å². The Hall–Kier alpha value is -2.34. The van der Waals surface area contributed by atoms with Crippen molar-refractivity contribution in [3.8, 4) is 0 Å². The van der Waals surface area contributed by atoms with Crippen LogP contribution >= 0.6 is 11.7 Å². The smallest absolute Gasteiger partial charge is 0.252 e. The molecule has 0 aliphatic heterocycles. The van der Waals surface area contributed by atoms with Crippen LogP contribution in [0.1, 0.15) is 48.0 Å². The lowest BCUT2D eigenvalue weighted by atomic mass is 9.69. The number of rotatable bonds is 4. The van der Waals surface area contributed by atoms with Crippen molar-refractivity contribution in [1.29, 1.82) is 0 Å². The second-order valence-electron chi connectivity index (χ2n) is 6.72. The van der Waals surface area contributed by atoms with E-state index in [-0.39, 0.29) is 11.3 Å². The predicted molar refractivity (Wildman–Crippen MR) is 98.7 cm³/mol. The molecule has 1 aromatic carbocycles. The Labute approximate surface area is 150 Å². The van der Waals surface area contributed by atoms with Gasteiger partial charge in [-0.2, -0.15) is 8.75 Å². The molecule has 1 aliphatic rings. The first kappa shape index (κ1) is 16.1. The highest BCUT2D eigenvalue weighted by molar-refractivity contribution is 7.00. The van der Waals surface area contributed by atoms with Gasteiger partial charge in [-0.05, 0) is 24.5 Å². The Morgan fingerprint density at radius 2 is 1.92 bits per heavy atom. The number of carbonyl (C=O) groups is 1. The maximum absolute atomic E-state index is 12.6. The standard InChI is InChI=1S/C19H20N4OS/c24-18(14-11-16-17(20-12-14)23-25-22-16)21-13-19(9-5-2-6-10-19)15-7-3-1-4-8-15/h1,3-4,7-8,11-12H,2,5-6,9-10,13H2,(H,21,24). The summed E-state index contributed by atoms with van der Waals surface area (Å²) < 4.78 is 8.24. The summed E-state index contributed by atoms with van der Waals surface area (Å²) >= 11 is 1.11. The van der Waals surface area contributed by atoms with Gasteiger partial charge in [0.05, 0.1) is 17.3 Å². The minimum Gasteiger partial charge on any atom is -0.351 e. The number of carbonyl (C=O) groups excluding carboxylic acids is 1. The molecule has 0 atom stereocenters. The minimum atomic E-state index is -0.0942. The number of amides is 1. The quantitative estimate of drug-likeness (QED) is 0.777. The first-order valence-electron chi connectivity index (χ1n) is 8.69. The third-order valence-electron chi connectivity index (χ3n) is 5.16. The summed E-state index contributed by atoms with van der Waals surface area (Å²) in [5.74, 6) is -0.0942. The SMILES string of the molecule is O=C(NCC1(c2ccccc2)CCCCC1)c1cnc2nsnc2c1. The van der Waals surface area contributed by atoms with E-state index in [1.165, 1.54) is 24.8 Å². The summed E-state index contributed by atoms with van der Waals surface area (Å²) in [6, 6.07) is 12.3. The third kappa shape index (κ3) is 3.26. The van der Waals surface area contributed by atoms with Gasteiger partial charge in [-0.15, -0.1) is 0 Å². The molecule has 1 fully saturated rings. The maximum Gasteiger partial charge on any atom is 0.252 e. The molecule has 4 rings (SSSR count). The number of pyridine rings is 1. The second-order valence-corrected chi connectivity index (χ2v) is 7.25.